The minimum Gasteiger partial charge on any atom is -0.354 e. The maximum atomic E-state index is 4.65. The van der Waals surface area contributed by atoms with Crippen LogP contribution >= 0.6 is 0 Å². The van der Waals surface area contributed by atoms with Crippen molar-refractivity contribution in [3.63, 3.8) is 0 Å². The molecule has 0 spiro atoms. The van der Waals surface area contributed by atoms with Gasteiger partial charge in [0.25, 0.3) is 0 Å². The van der Waals surface area contributed by atoms with E-state index in [2.05, 4.69) is 70.4 Å². The summed E-state index contributed by atoms with van der Waals surface area (Å²) in [4.78, 5) is 12.9. The zero-order valence-corrected chi connectivity index (χ0v) is 17.9. The number of aromatic nitrogens is 3. The van der Waals surface area contributed by atoms with E-state index in [1.807, 2.05) is 30.6 Å². The Bertz CT molecular complexity index is 1300. The lowest BCUT2D eigenvalue weighted by atomic mass is 9.95. The fourth-order valence-electron chi connectivity index (χ4n) is 4.48. The molecule has 0 unspecified atom stereocenters. The first kappa shape index (κ1) is 19.5. The lowest BCUT2D eigenvalue weighted by molar-refractivity contribution is 0.668. The highest BCUT2D eigenvalue weighted by molar-refractivity contribution is 6.10. The first-order valence-electron chi connectivity index (χ1n) is 11.3. The van der Waals surface area contributed by atoms with E-state index < -0.39 is 0 Å². The summed E-state index contributed by atoms with van der Waals surface area (Å²) in [6, 6.07) is 23.3. The highest BCUT2D eigenvalue weighted by Gasteiger charge is 2.15. The number of rotatable bonds is 7. The van der Waals surface area contributed by atoms with Gasteiger partial charge >= 0.3 is 0 Å². The zero-order valence-electron chi connectivity index (χ0n) is 17.9. The molecule has 0 fully saturated rings. The lowest BCUT2D eigenvalue weighted by Crippen LogP contribution is -1.94. The van der Waals surface area contributed by atoms with E-state index in [1.165, 1.54) is 53.1 Å². The number of aryl methyl sites for hydroxylation is 1. The quantitative estimate of drug-likeness (QED) is 0.284. The second kappa shape index (κ2) is 8.73. The van der Waals surface area contributed by atoms with Crippen molar-refractivity contribution >= 4 is 21.8 Å². The second-order valence-corrected chi connectivity index (χ2v) is 8.14. The maximum absolute atomic E-state index is 4.65. The van der Waals surface area contributed by atoms with Gasteiger partial charge in [-0.25, -0.2) is 0 Å². The number of hydrogen-bond acceptors (Lipinski definition) is 2. The van der Waals surface area contributed by atoms with Gasteiger partial charge in [-0.2, -0.15) is 0 Å². The monoisotopic (exact) mass is 405 g/mol. The third-order valence-electron chi connectivity index (χ3n) is 6.06. The number of fused-ring (bicyclic) bond motifs is 3. The molecule has 0 radical (unpaired) electrons. The minimum atomic E-state index is 0.997. The SMILES string of the molecule is CCCCCCc1c(-c2ccccn2)ccc2c1[nH]c1cc(-c3ccccn3)ccc12. The third-order valence-corrected chi connectivity index (χ3v) is 6.06. The van der Waals surface area contributed by atoms with Crippen LogP contribution in [0.2, 0.25) is 0 Å². The van der Waals surface area contributed by atoms with Crippen LogP contribution in [0.4, 0.5) is 0 Å². The summed E-state index contributed by atoms with van der Waals surface area (Å²) in [6.45, 7) is 2.26. The van der Waals surface area contributed by atoms with E-state index in [4.69, 9.17) is 0 Å². The number of H-pyrrole nitrogens is 1. The molecular formula is C28H27N3. The number of unbranched alkanes of at least 4 members (excludes halogenated alkanes) is 3. The van der Waals surface area contributed by atoms with E-state index in [-0.39, 0.29) is 0 Å². The van der Waals surface area contributed by atoms with Crippen LogP contribution in [0.25, 0.3) is 44.3 Å². The molecule has 31 heavy (non-hydrogen) atoms. The van der Waals surface area contributed by atoms with Crippen LogP contribution in [-0.2, 0) is 6.42 Å². The van der Waals surface area contributed by atoms with E-state index in [0.717, 1.165) is 28.9 Å². The van der Waals surface area contributed by atoms with Crippen LogP contribution in [-0.4, -0.2) is 15.0 Å². The average molecular weight is 406 g/mol. The Balaban J connectivity index is 1.65. The van der Waals surface area contributed by atoms with Gasteiger partial charge in [-0.1, -0.05) is 62.6 Å². The van der Waals surface area contributed by atoms with Crippen LogP contribution < -0.4 is 0 Å². The fraction of sp³-hybridized carbons (Fsp3) is 0.214. The van der Waals surface area contributed by atoms with Gasteiger partial charge in [-0.05, 0) is 48.7 Å². The molecule has 5 rings (SSSR count). The van der Waals surface area contributed by atoms with Crippen LogP contribution in [0.5, 0.6) is 0 Å². The topological polar surface area (TPSA) is 41.6 Å². The molecule has 0 aliphatic rings. The van der Waals surface area contributed by atoms with Crippen molar-refractivity contribution in [3.05, 3.63) is 84.7 Å². The Morgan fingerprint density at radius 2 is 1.52 bits per heavy atom. The van der Waals surface area contributed by atoms with Crippen molar-refractivity contribution in [2.24, 2.45) is 0 Å². The van der Waals surface area contributed by atoms with Crippen LogP contribution in [0.15, 0.2) is 79.1 Å². The molecule has 154 valence electrons. The van der Waals surface area contributed by atoms with Gasteiger partial charge in [-0.15, -0.1) is 0 Å². The first-order valence-corrected chi connectivity index (χ1v) is 11.3. The summed E-state index contributed by atoms with van der Waals surface area (Å²) in [5.74, 6) is 0. The summed E-state index contributed by atoms with van der Waals surface area (Å²) >= 11 is 0. The van der Waals surface area contributed by atoms with Gasteiger partial charge in [0.2, 0.25) is 0 Å². The van der Waals surface area contributed by atoms with E-state index in [9.17, 15) is 0 Å². The van der Waals surface area contributed by atoms with E-state index in [0.29, 0.717) is 0 Å². The molecular weight excluding hydrogens is 378 g/mol. The number of pyridine rings is 2. The van der Waals surface area contributed by atoms with Gasteiger partial charge in [0, 0.05) is 39.8 Å². The van der Waals surface area contributed by atoms with Crippen LogP contribution in [0.1, 0.15) is 38.2 Å². The number of nitrogens with one attached hydrogen (secondary N) is 1. The normalized spacial score (nSPS) is 11.4. The van der Waals surface area contributed by atoms with E-state index in [1.54, 1.807) is 0 Å². The lowest BCUT2D eigenvalue weighted by Gasteiger charge is -2.11. The number of aromatic amines is 1. The molecule has 3 heterocycles. The molecule has 0 aliphatic carbocycles. The van der Waals surface area contributed by atoms with Crippen LogP contribution in [0.3, 0.4) is 0 Å². The molecule has 3 nitrogen and oxygen atoms in total. The summed E-state index contributed by atoms with van der Waals surface area (Å²) in [6.07, 6.45) is 9.78. The van der Waals surface area contributed by atoms with Gasteiger partial charge in [0.1, 0.15) is 0 Å². The Hall–Kier alpha value is -3.46. The van der Waals surface area contributed by atoms with Crippen molar-refractivity contribution in [3.8, 4) is 22.5 Å². The van der Waals surface area contributed by atoms with Crippen molar-refractivity contribution in [1.82, 2.24) is 15.0 Å². The largest absolute Gasteiger partial charge is 0.354 e. The van der Waals surface area contributed by atoms with Gasteiger partial charge < -0.3 is 4.98 Å². The molecule has 0 bridgehead atoms. The number of nitrogens with zero attached hydrogens (tertiary/aromatic N) is 2. The fourth-order valence-corrected chi connectivity index (χ4v) is 4.48. The van der Waals surface area contributed by atoms with Crippen molar-refractivity contribution in [2.45, 2.75) is 39.0 Å². The van der Waals surface area contributed by atoms with Gasteiger partial charge in [0.15, 0.2) is 0 Å². The molecule has 0 aliphatic heterocycles. The van der Waals surface area contributed by atoms with Crippen molar-refractivity contribution in [2.75, 3.05) is 0 Å². The molecule has 0 saturated carbocycles. The summed E-state index contributed by atoms with van der Waals surface area (Å²) in [5.41, 5.74) is 8.19. The Morgan fingerprint density at radius 3 is 2.26 bits per heavy atom. The van der Waals surface area contributed by atoms with Gasteiger partial charge in [-0.3, -0.25) is 9.97 Å². The summed E-state index contributed by atoms with van der Waals surface area (Å²) in [5, 5.41) is 2.55. The molecule has 0 saturated heterocycles. The second-order valence-electron chi connectivity index (χ2n) is 8.14. The average Bonchev–Trinajstić information content (AvgIpc) is 3.21. The zero-order chi connectivity index (χ0) is 21.0. The molecule has 3 aromatic heterocycles. The number of benzene rings is 2. The maximum Gasteiger partial charge on any atom is 0.0705 e. The Kier molecular flexibility index (Phi) is 5.49. The molecule has 3 heteroatoms. The minimum absolute atomic E-state index is 0.997. The Labute approximate surface area is 183 Å². The Morgan fingerprint density at radius 1 is 0.742 bits per heavy atom. The van der Waals surface area contributed by atoms with Crippen molar-refractivity contribution < 1.29 is 0 Å². The predicted octanol–water partition coefficient (Wildman–Crippen LogP) is 7.57. The molecule has 0 atom stereocenters. The number of hydrogen-bond donors (Lipinski definition) is 1. The predicted molar refractivity (Wildman–Crippen MR) is 130 cm³/mol. The highest BCUT2D eigenvalue weighted by atomic mass is 14.7. The molecule has 2 aromatic carbocycles. The first-order chi connectivity index (χ1) is 15.3. The summed E-state index contributed by atoms with van der Waals surface area (Å²) in [7, 11) is 0. The molecule has 0 amide bonds. The standard InChI is InChI=1S/C28H27N3/c1-2-3-4-5-10-23-21(26-12-7-9-18-30-26)15-16-24-22-14-13-20(19-27(22)31-28(23)24)25-11-6-8-17-29-25/h6-9,11-19,31H,2-5,10H2,1H3. The van der Waals surface area contributed by atoms with E-state index >= 15 is 0 Å². The highest BCUT2D eigenvalue weighted by Crippen LogP contribution is 2.35. The smallest absolute Gasteiger partial charge is 0.0705 e. The van der Waals surface area contributed by atoms with Gasteiger partial charge in [0.05, 0.1) is 16.9 Å². The molecule has 1 N–H and O–H groups in total. The van der Waals surface area contributed by atoms with Crippen molar-refractivity contribution in [1.29, 1.82) is 0 Å². The summed E-state index contributed by atoms with van der Waals surface area (Å²) < 4.78 is 0. The van der Waals surface area contributed by atoms with Crippen LogP contribution in [0, 0.1) is 0 Å². The molecule has 5 aromatic rings. The third kappa shape index (κ3) is 3.84.